The average Bonchev–Trinajstić information content (AvgIpc) is 3.90. The molecule has 1 amide bonds. The summed E-state index contributed by atoms with van der Waals surface area (Å²) in [7, 11) is 0. The van der Waals surface area contributed by atoms with Crippen molar-refractivity contribution in [3.8, 4) is 16.9 Å². The molecule has 0 unspecified atom stereocenters. The number of ether oxygens (including phenoxy) is 1. The first-order valence-corrected chi connectivity index (χ1v) is 19.8. The van der Waals surface area contributed by atoms with Gasteiger partial charge >= 0.3 is 5.97 Å². The first kappa shape index (κ1) is 34.6. The zero-order valence-corrected chi connectivity index (χ0v) is 31.4. The van der Waals surface area contributed by atoms with Gasteiger partial charge in [-0.25, -0.2) is 24.7 Å². The predicted octanol–water partition coefficient (Wildman–Crippen LogP) is 8.77. The van der Waals surface area contributed by atoms with E-state index < -0.39 is 5.97 Å². The lowest BCUT2D eigenvalue weighted by molar-refractivity contribution is 0.0690. The summed E-state index contributed by atoms with van der Waals surface area (Å²) in [4.78, 5) is 46.6. The molecule has 3 N–H and O–H groups in total. The van der Waals surface area contributed by atoms with Gasteiger partial charge in [0.05, 0.1) is 27.0 Å². The first-order valence-electron chi connectivity index (χ1n) is 17.3. The number of carbonyl (C=O) groups is 2. The van der Waals surface area contributed by atoms with E-state index in [1.807, 2.05) is 66.7 Å². The fraction of sp³-hybridized carbons (Fsp3) is 0.231. The number of thiophene rings is 1. The Bertz CT molecular complexity index is 2420. The number of amides is 1. The minimum absolute atomic E-state index is 0.0700. The van der Waals surface area contributed by atoms with E-state index in [0.29, 0.717) is 59.7 Å². The van der Waals surface area contributed by atoms with Crippen molar-refractivity contribution >= 4 is 82.4 Å². The number of nitrogens with zero attached hydrogens (tertiary/aromatic N) is 5. The number of para-hydroxylation sites is 1. The molecule has 5 heterocycles. The van der Waals surface area contributed by atoms with Crippen LogP contribution < -0.4 is 20.3 Å². The molecule has 0 bridgehead atoms. The SMILES string of the molecule is CC(C)Nc1ncnc2c(-c3ccc(OCCCc4sc(N5CCc6cccc(C(=O)Nc7nc8ccccc8s7)c6C5)nc4C(=O)O)cc3)csc12. The van der Waals surface area contributed by atoms with E-state index >= 15 is 0 Å². The third kappa shape index (κ3) is 7.30. The zero-order chi connectivity index (χ0) is 36.5. The van der Waals surface area contributed by atoms with E-state index in [-0.39, 0.29) is 17.6 Å². The lowest BCUT2D eigenvalue weighted by atomic mass is 9.94. The Morgan fingerprint density at radius 2 is 1.85 bits per heavy atom. The van der Waals surface area contributed by atoms with Gasteiger partial charge in [-0.15, -0.1) is 22.7 Å². The van der Waals surface area contributed by atoms with Crippen LogP contribution in [0.25, 0.3) is 31.6 Å². The Balaban J connectivity index is 0.906. The van der Waals surface area contributed by atoms with Crippen LogP contribution in [0.4, 0.5) is 16.1 Å². The fourth-order valence-electron chi connectivity index (χ4n) is 6.44. The van der Waals surface area contributed by atoms with Crippen LogP contribution in [-0.4, -0.2) is 56.1 Å². The quantitative estimate of drug-likeness (QED) is 0.103. The van der Waals surface area contributed by atoms with Crippen molar-refractivity contribution < 1.29 is 19.4 Å². The largest absolute Gasteiger partial charge is 0.494 e. The number of anilines is 3. The van der Waals surface area contributed by atoms with Crippen molar-refractivity contribution in [2.24, 2.45) is 0 Å². The van der Waals surface area contributed by atoms with Crippen molar-refractivity contribution in [3.05, 3.63) is 106 Å². The van der Waals surface area contributed by atoms with Gasteiger partial charge < -0.3 is 20.1 Å². The minimum atomic E-state index is -1.05. The Labute approximate surface area is 317 Å². The molecule has 3 aromatic carbocycles. The maximum absolute atomic E-state index is 13.5. The van der Waals surface area contributed by atoms with E-state index in [4.69, 9.17) is 4.74 Å². The second-order valence-electron chi connectivity index (χ2n) is 13.0. The van der Waals surface area contributed by atoms with Crippen LogP contribution in [0.1, 0.15) is 57.1 Å². The van der Waals surface area contributed by atoms with Crippen LogP contribution in [-0.2, 0) is 19.4 Å². The molecule has 4 aromatic heterocycles. The predicted molar refractivity (Wildman–Crippen MR) is 213 cm³/mol. The minimum Gasteiger partial charge on any atom is -0.494 e. The number of aromatic nitrogens is 4. The summed E-state index contributed by atoms with van der Waals surface area (Å²) >= 11 is 4.46. The highest BCUT2D eigenvalue weighted by Crippen LogP contribution is 2.37. The molecule has 0 aliphatic carbocycles. The standard InChI is InChI=1S/C39H35N7O4S3/c1-22(2)42-35-34-32(40-21-41-35)28(20-51-34)24-12-14-25(15-13-24)50-18-6-11-31-33(37(48)49)44-39(53-31)46-17-16-23-7-5-8-26(27(23)19-46)36(47)45-38-43-29-9-3-4-10-30(29)52-38/h3-5,7-10,12-15,20-22H,6,11,16-19H2,1-2H3,(H,48,49)(H,40,41,42)(H,43,45,47). The van der Waals surface area contributed by atoms with Crippen LogP contribution >= 0.6 is 34.0 Å². The van der Waals surface area contributed by atoms with E-state index in [0.717, 1.165) is 54.3 Å². The number of carbonyl (C=O) groups excluding carboxylic acids is 1. The smallest absolute Gasteiger partial charge is 0.355 e. The van der Waals surface area contributed by atoms with Gasteiger partial charge in [-0.2, -0.15) is 0 Å². The number of carboxylic acid groups (broad SMARTS) is 1. The molecule has 53 heavy (non-hydrogen) atoms. The molecule has 14 heteroatoms. The molecule has 1 aliphatic heterocycles. The van der Waals surface area contributed by atoms with Crippen molar-refractivity contribution in [3.63, 3.8) is 0 Å². The summed E-state index contributed by atoms with van der Waals surface area (Å²) in [6.45, 7) is 5.72. The number of aromatic carboxylic acids is 1. The third-order valence-electron chi connectivity index (χ3n) is 8.95. The molecule has 0 saturated heterocycles. The molecule has 8 rings (SSSR count). The summed E-state index contributed by atoms with van der Waals surface area (Å²) in [6, 6.07) is 21.8. The van der Waals surface area contributed by atoms with Crippen molar-refractivity contribution in [2.75, 3.05) is 28.7 Å². The number of hydrogen-bond acceptors (Lipinski definition) is 12. The highest BCUT2D eigenvalue weighted by molar-refractivity contribution is 7.22. The molecule has 0 spiro atoms. The zero-order valence-electron chi connectivity index (χ0n) is 29.0. The van der Waals surface area contributed by atoms with Gasteiger partial charge in [0.1, 0.15) is 17.9 Å². The molecule has 11 nitrogen and oxygen atoms in total. The Morgan fingerprint density at radius 3 is 2.66 bits per heavy atom. The summed E-state index contributed by atoms with van der Waals surface area (Å²) in [5, 5.41) is 19.7. The van der Waals surface area contributed by atoms with Crippen molar-refractivity contribution in [2.45, 2.75) is 45.7 Å². The van der Waals surface area contributed by atoms with Crippen LogP contribution in [0.3, 0.4) is 0 Å². The molecule has 0 fully saturated rings. The number of rotatable bonds is 12. The van der Waals surface area contributed by atoms with Crippen LogP contribution in [0, 0.1) is 0 Å². The van der Waals surface area contributed by atoms with Gasteiger partial charge in [-0.1, -0.05) is 47.7 Å². The molecule has 0 atom stereocenters. The maximum Gasteiger partial charge on any atom is 0.355 e. The lowest BCUT2D eigenvalue weighted by Crippen LogP contribution is -2.32. The Kier molecular flexibility index (Phi) is 9.73. The number of aryl methyl sites for hydroxylation is 1. The van der Waals surface area contributed by atoms with Gasteiger partial charge in [0.2, 0.25) is 0 Å². The molecular weight excluding hydrogens is 727 g/mol. The van der Waals surface area contributed by atoms with Gasteiger partial charge in [0, 0.05) is 40.5 Å². The maximum atomic E-state index is 13.5. The summed E-state index contributed by atoms with van der Waals surface area (Å²) in [5.41, 5.74) is 6.52. The van der Waals surface area contributed by atoms with E-state index in [1.54, 1.807) is 17.7 Å². The average molecular weight is 762 g/mol. The molecule has 268 valence electrons. The second-order valence-corrected chi connectivity index (χ2v) is 15.9. The topological polar surface area (TPSA) is 142 Å². The van der Waals surface area contributed by atoms with Crippen molar-refractivity contribution in [1.29, 1.82) is 0 Å². The summed E-state index contributed by atoms with van der Waals surface area (Å²) in [5.74, 6) is 0.317. The van der Waals surface area contributed by atoms with Crippen molar-refractivity contribution in [1.82, 2.24) is 19.9 Å². The normalized spacial score (nSPS) is 12.7. The molecule has 1 aliphatic rings. The highest BCUT2D eigenvalue weighted by atomic mass is 32.1. The summed E-state index contributed by atoms with van der Waals surface area (Å²) in [6.07, 6.45) is 3.46. The first-order chi connectivity index (χ1) is 25.8. The Morgan fingerprint density at radius 1 is 1.00 bits per heavy atom. The molecule has 7 aromatic rings. The van der Waals surface area contributed by atoms with Gasteiger partial charge in [0.15, 0.2) is 16.0 Å². The van der Waals surface area contributed by atoms with E-state index in [1.165, 1.54) is 22.7 Å². The molecule has 0 saturated carbocycles. The highest BCUT2D eigenvalue weighted by Gasteiger charge is 2.27. The number of fused-ring (bicyclic) bond motifs is 3. The van der Waals surface area contributed by atoms with Gasteiger partial charge in [-0.05, 0) is 80.1 Å². The van der Waals surface area contributed by atoms with Gasteiger partial charge in [-0.3, -0.25) is 10.1 Å². The number of nitrogens with one attached hydrogen (secondary N) is 2. The lowest BCUT2D eigenvalue weighted by Gasteiger charge is -2.29. The van der Waals surface area contributed by atoms with Crippen LogP contribution in [0.2, 0.25) is 0 Å². The number of benzene rings is 3. The fourth-order valence-corrected chi connectivity index (χ4v) is 9.40. The van der Waals surface area contributed by atoms with Crippen LogP contribution in [0.15, 0.2) is 78.4 Å². The molecule has 0 radical (unpaired) electrons. The third-order valence-corrected chi connectivity index (χ3v) is 12.1. The summed E-state index contributed by atoms with van der Waals surface area (Å²) < 4.78 is 8.10. The number of hydrogen-bond donors (Lipinski definition) is 3. The Hall–Kier alpha value is -5.44. The second kappa shape index (κ2) is 14.9. The van der Waals surface area contributed by atoms with Gasteiger partial charge in [0.25, 0.3) is 5.91 Å². The molecular formula is C39H35N7O4S3. The van der Waals surface area contributed by atoms with E-state index in [2.05, 4.69) is 54.7 Å². The van der Waals surface area contributed by atoms with Crippen LogP contribution in [0.5, 0.6) is 5.75 Å². The number of thiazole rings is 2. The number of carboxylic acids is 1. The van der Waals surface area contributed by atoms with E-state index in [9.17, 15) is 14.7 Å². The monoisotopic (exact) mass is 761 g/mol.